The summed E-state index contributed by atoms with van der Waals surface area (Å²) in [6, 6.07) is 12.8. The monoisotopic (exact) mass is 584 g/mol. The number of carbonyl (C=O) groups excluding carboxylic acids is 1. The van der Waals surface area contributed by atoms with Gasteiger partial charge in [0.15, 0.2) is 11.5 Å². The Hall–Kier alpha value is -4.48. The van der Waals surface area contributed by atoms with Crippen molar-refractivity contribution in [3.05, 3.63) is 66.7 Å². The van der Waals surface area contributed by atoms with Gasteiger partial charge in [0.2, 0.25) is 0 Å². The van der Waals surface area contributed by atoms with Crippen LogP contribution in [0.2, 0.25) is 0 Å². The molecule has 224 valence electrons. The molecule has 4 aromatic rings. The van der Waals surface area contributed by atoms with Crippen LogP contribution in [0.4, 0.5) is 11.5 Å². The van der Waals surface area contributed by atoms with Crippen LogP contribution in [-0.4, -0.2) is 85.4 Å². The zero-order valence-electron chi connectivity index (χ0n) is 24.3. The number of aromatic nitrogens is 3. The van der Waals surface area contributed by atoms with Gasteiger partial charge in [-0.2, -0.15) is 0 Å². The predicted molar refractivity (Wildman–Crippen MR) is 164 cm³/mol. The standard InChI is InChI=1S/C32H36N6O5/c1-40-29-20-25-26(21-30(29)42-16-4-11-37-14-17-41-18-15-37)33-10-8-28(25)43-24-5-6-31(35-22-24)36-32(39)27-19-23(7-9-34-27)38-12-2-3-13-38/h5-10,19-22H,2-4,11-18H2,1H3,(H,35,36,39). The number of carbonyl (C=O) groups is 1. The summed E-state index contributed by atoms with van der Waals surface area (Å²) in [5.41, 5.74) is 2.09. The fourth-order valence-corrected chi connectivity index (χ4v) is 5.32. The van der Waals surface area contributed by atoms with Crippen molar-refractivity contribution in [2.75, 3.05) is 69.9 Å². The molecule has 0 radical (unpaired) electrons. The first-order valence-corrected chi connectivity index (χ1v) is 14.7. The number of benzene rings is 1. The molecule has 6 rings (SSSR count). The van der Waals surface area contributed by atoms with Crippen molar-refractivity contribution in [1.29, 1.82) is 0 Å². The van der Waals surface area contributed by atoms with Crippen LogP contribution in [0.25, 0.3) is 10.9 Å². The first kappa shape index (κ1) is 28.6. The van der Waals surface area contributed by atoms with E-state index in [1.54, 1.807) is 43.9 Å². The molecule has 2 aliphatic rings. The summed E-state index contributed by atoms with van der Waals surface area (Å²) in [4.78, 5) is 30.6. The Balaban J connectivity index is 1.09. The zero-order chi connectivity index (χ0) is 29.4. The Labute approximate surface area is 250 Å². The van der Waals surface area contributed by atoms with E-state index in [4.69, 9.17) is 18.9 Å². The molecule has 2 saturated heterocycles. The third-order valence-corrected chi connectivity index (χ3v) is 7.62. The molecule has 1 amide bonds. The first-order chi connectivity index (χ1) is 21.2. The van der Waals surface area contributed by atoms with Crippen molar-refractivity contribution in [2.45, 2.75) is 19.3 Å². The number of amides is 1. The summed E-state index contributed by atoms with van der Waals surface area (Å²) in [7, 11) is 1.62. The zero-order valence-corrected chi connectivity index (χ0v) is 24.3. The van der Waals surface area contributed by atoms with Crippen LogP contribution in [0, 0.1) is 0 Å². The van der Waals surface area contributed by atoms with E-state index in [0.29, 0.717) is 41.1 Å². The van der Waals surface area contributed by atoms with Crippen LogP contribution in [0.3, 0.4) is 0 Å². The maximum absolute atomic E-state index is 12.8. The number of nitrogens with zero attached hydrogens (tertiary/aromatic N) is 5. The van der Waals surface area contributed by atoms with E-state index in [1.807, 2.05) is 24.3 Å². The smallest absolute Gasteiger partial charge is 0.275 e. The fourth-order valence-electron chi connectivity index (χ4n) is 5.32. The lowest BCUT2D eigenvalue weighted by molar-refractivity contribution is 0.0357. The van der Waals surface area contributed by atoms with Crippen LogP contribution in [0.15, 0.2) is 61.1 Å². The highest BCUT2D eigenvalue weighted by molar-refractivity contribution is 6.02. The average molecular weight is 585 g/mol. The van der Waals surface area contributed by atoms with Gasteiger partial charge < -0.3 is 29.2 Å². The summed E-state index contributed by atoms with van der Waals surface area (Å²) >= 11 is 0. The number of morpholine rings is 1. The minimum absolute atomic E-state index is 0.312. The Bertz CT molecular complexity index is 1540. The maximum atomic E-state index is 12.8. The molecule has 1 aromatic carbocycles. The van der Waals surface area contributed by atoms with E-state index < -0.39 is 0 Å². The third-order valence-electron chi connectivity index (χ3n) is 7.62. The van der Waals surface area contributed by atoms with Crippen LogP contribution in [-0.2, 0) is 4.74 Å². The summed E-state index contributed by atoms with van der Waals surface area (Å²) in [5.74, 6) is 2.46. The van der Waals surface area contributed by atoms with E-state index in [2.05, 4.69) is 30.1 Å². The minimum Gasteiger partial charge on any atom is -0.493 e. The molecule has 2 aliphatic heterocycles. The Morgan fingerprint density at radius 2 is 1.77 bits per heavy atom. The normalized spacial score (nSPS) is 15.4. The van der Waals surface area contributed by atoms with E-state index in [9.17, 15) is 4.79 Å². The van der Waals surface area contributed by atoms with Gasteiger partial charge in [-0.15, -0.1) is 0 Å². The molecule has 0 bridgehead atoms. The number of pyridine rings is 3. The summed E-state index contributed by atoms with van der Waals surface area (Å²) < 4.78 is 23.3. The van der Waals surface area contributed by atoms with Gasteiger partial charge in [0.1, 0.15) is 23.0 Å². The largest absolute Gasteiger partial charge is 0.493 e. The van der Waals surface area contributed by atoms with Gasteiger partial charge in [0.05, 0.1) is 38.6 Å². The first-order valence-electron chi connectivity index (χ1n) is 14.7. The van der Waals surface area contributed by atoms with Crippen LogP contribution in [0.5, 0.6) is 23.0 Å². The van der Waals surface area contributed by atoms with Crippen molar-refractivity contribution in [2.24, 2.45) is 0 Å². The Morgan fingerprint density at radius 1 is 0.930 bits per heavy atom. The van der Waals surface area contributed by atoms with Gasteiger partial charge in [0, 0.05) is 62.3 Å². The van der Waals surface area contributed by atoms with E-state index in [1.165, 1.54) is 0 Å². The molecule has 5 heterocycles. The van der Waals surface area contributed by atoms with E-state index in [-0.39, 0.29) is 5.91 Å². The third kappa shape index (κ3) is 7.12. The predicted octanol–water partition coefficient (Wildman–Crippen LogP) is 4.78. The van der Waals surface area contributed by atoms with E-state index in [0.717, 1.165) is 81.8 Å². The molecule has 0 aliphatic carbocycles. The van der Waals surface area contributed by atoms with Crippen LogP contribution >= 0.6 is 0 Å². The number of methoxy groups -OCH3 is 1. The molecule has 0 saturated carbocycles. The van der Waals surface area contributed by atoms with E-state index >= 15 is 0 Å². The van der Waals surface area contributed by atoms with Gasteiger partial charge in [-0.1, -0.05) is 0 Å². The molecular formula is C32H36N6O5. The molecule has 11 heteroatoms. The number of hydrogen-bond acceptors (Lipinski definition) is 10. The second-order valence-corrected chi connectivity index (χ2v) is 10.5. The second kappa shape index (κ2) is 13.7. The molecule has 3 aromatic heterocycles. The SMILES string of the molecule is COc1cc2c(Oc3ccc(NC(=O)c4cc(N5CCCC5)ccn4)nc3)ccnc2cc1OCCCN1CCOCC1. The number of nitrogens with one attached hydrogen (secondary N) is 1. The highest BCUT2D eigenvalue weighted by Gasteiger charge is 2.17. The lowest BCUT2D eigenvalue weighted by Gasteiger charge is -2.26. The summed E-state index contributed by atoms with van der Waals surface area (Å²) in [6.45, 7) is 7.04. The number of rotatable bonds is 11. The second-order valence-electron chi connectivity index (χ2n) is 10.5. The lowest BCUT2D eigenvalue weighted by atomic mass is 10.2. The van der Waals surface area contributed by atoms with Crippen LogP contribution < -0.4 is 24.4 Å². The molecule has 0 unspecified atom stereocenters. The molecule has 2 fully saturated rings. The minimum atomic E-state index is -0.312. The van der Waals surface area contributed by atoms with Crippen molar-refractivity contribution < 1.29 is 23.7 Å². The van der Waals surface area contributed by atoms with Gasteiger partial charge in [-0.25, -0.2) is 4.98 Å². The molecular weight excluding hydrogens is 548 g/mol. The maximum Gasteiger partial charge on any atom is 0.275 e. The van der Waals surface area contributed by atoms with Gasteiger partial charge in [-0.05, 0) is 55.7 Å². The molecule has 0 spiro atoms. The number of fused-ring (bicyclic) bond motifs is 1. The highest BCUT2D eigenvalue weighted by atomic mass is 16.5. The number of ether oxygens (including phenoxy) is 4. The fraction of sp³-hybridized carbons (Fsp3) is 0.375. The van der Waals surface area contributed by atoms with Crippen molar-refractivity contribution in [3.63, 3.8) is 0 Å². The van der Waals surface area contributed by atoms with Crippen LogP contribution in [0.1, 0.15) is 29.8 Å². The Kier molecular flexibility index (Phi) is 9.10. The Morgan fingerprint density at radius 3 is 2.56 bits per heavy atom. The molecule has 0 atom stereocenters. The highest BCUT2D eigenvalue weighted by Crippen LogP contribution is 2.37. The number of anilines is 2. The van der Waals surface area contributed by atoms with Gasteiger partial charge in [0.25, 0.3) is 5.91 Å². The average Bonchev–Trinajstić information content (AvgIpc) is 3.60. The van der Waals surface area contributed by atoms with Gasteiger partial charge >= 0.3 is 0 Å². The molecule has 43 heavy (non-hydrogen) atoms. The lowest BCUT2D eigenvalue weighted by Crippen LogP contribution is -2.37. The van der Waals surface area contributed by atoms with Crippen molar-refractivity contribution in [3.8, 4) is 23.0 Å². The summed E-state index contributed by atoms with van der Waals surface area (Å²) in [5, 5.41) is 3.60. The van der Waals surface area contributed by atoms with Gasteiger partial charge in [-0.3, -0.25) is 19.7 Å². The van der Waals surface area contributed by atoms with Crippen molar-refractivity contribution >= 4 is 28.3 Å². The molecule has 11 nitrogen and oxygen atoms in total. The quantitative estimate of drug-likeness (QED) is 0.247. The topological polar surface area (TPSA) is 111 Å². The number of hydrogen-bond donors (Lipinski definition) is 1. The summed E-state index contributed by atoms with van der Waals surface area (Å²) in [6.07, 6.45) is 8.16. The van der Waals surface area contributed by atoms with Crippen molar-refractivity contribution in [1.82, 2.24) is 19.9 Å². The molecule has 1 N–H and O–H groups in total.